The molecule has 0 unspecified atom stereocenters. The van der Waals surface area contributed by atoms with Crippen molar-refractivity contribution in [1.29, 1.82) is 0 Å². The molecule has 6 heteroatoms. The Morgan fingerprint density at radius 2 is 2.25 bits per heavy atom. The van der Waals surface area contributed by atoms with Gasteiger partial charge in [0, 0.05) is 12.1 Å². The quantitative estimate of drug-likeness (QED) is 0.607. The van der Waals surface area contributed by atoms with Gasteiger partial charge in [-0.25, -0.2) is 5.48 Å². The third-order valence-corrected chi connectivity index (χ3v) is 1.99. The van der Waals surface area contributed by atoms with Crippen molar-refractivity contribution >= 4 is 17.5 Å². The van der Waals surface area contributed by atoms with E-state index in [1.807, 2.05) is 0 Å². The molecular weight excluding hydrogens is 234 g/mol. The number of hydrogen-bond acceptors (Lipinski definition) is 4. The summed E-state index contributed by atoms with van der Waals surface area (Å²) >= 11 is 5.69. The van der Waals surface area contributed by atoms with E-state index >= 15 is 0 Å². The third-order valence-electron chi connectivity index (χ3n) is 1.76. The van der Waals surface area contributed by atoms with Crippen LogP contribution in [0.5, 0.6) is 5.75 Å². The highest BCUT2D eigenvalue weighted by Crippen LogP contribution is 2.21. The molecule has 2 N–H and O–H groups in total. The number of phenols is 1. The van der Waals surface area contributed by atoms with Gasteiger partial charge in [-0.15, -0.1) is 0 Å². The van der Waals surface area contributed by atoms with E-state index in [2.05, 4.69) is 5.48 Å². The van der Waals surface area contributed by atoms with Crippen LogP contribution in [0.1, 0.15) is 10.4 Å². The van der Waals surface area contributed by atoms with Crippen LogP contribution in [-0.2, 0) is 9.57 Å². The van der Waals surface area contributed by atoms with Gasteiger partial charge in [-0.1, -0.05) is 11.6 Å². The molecule has 0 spiro atoms. The highest BCUT2D eigenvalue weighted by Gasteiger charge is 2.11. The lowest BCUT2D eigenvalue weighted by Gasteiger charge is -2.07. The highest BCUT2D eigenvalue weighted by atomic mass is 35.5. The molecule has 0 aliphatic heterocycles. The van der Waals surface area contributed by atoms with Crippen LogP contribution in [0.3, 0.4) is 0 Å². The van der Waals surface area contributed by atoms with Crippen molar-refractivity contribution in [1.82, 2.24) is 5.48 Å². The Hall–Kier alpha value is -1.30. The predicted octanol–water partition coefficient (Wildman–Crippen LogP) is 1.35. The molecule has 1 rings (SSSR count). The summed E-state index contributed by atoms with van der Waals surface area (Å²) in [5.41, 5.74) is 2.22. The van der Waals surface area contributed by atoms with Gasteiger partial charge in [0.05, 0.1) is 18.8 Å². The topological polar surface area (TPSA) is 67.8 Å². The summed E-state index contributed by atoms with van der Waals surface area (Å²) in [4.78, 5) is 16.3. The summed E-state index contributed by atoms with van der Waals surface area (Å²) in [7, 11) is 1.52. The molecule has 0 atom stereocenters. The molecule has 0 aliphatic rings. The van der Waals surface area contributed by atoms with E-state index in [0.717, 1.165) is 0 Å². The van der Waals surface area contributed by atoms with Crippen LogP contribution in [0, 0.1) is 0 Å². The summed E-state index contributed by atoms with van der Waals surface area (Å²) in [6.45, 7) is 0.589. The standard InChI is InChI=1S/C10H12ClNO4/c1-15-4-5-16-12-10(14)8-6-7(11)2-3-9(8)13/h2-3,6,13H,4-5H2,1H3,(H,12,14). The molecule has 16 heavy (non-hydrogen) atoms. The number of halogens is 1. The maximum atomic E-state index is 11.5. The van der Waals surface area contributed by atoms with Gasteiger partial charge in [0.15, 0.2) is 0 Å². The first kappa shape index (κ1) is 12.8. The van der Waals surface area contributed by atoms with Gasteiger partial charge in [-0.3, -0.25) is 9.63 Å². The Morgan fingerprint density at radius 3 is 2.94 bits per heavy atom. The molecule has 5 nitrogen and oxygen atoms in total. The van der Waals surface area contributed by atoms with Crippen LogP contribution >= 0.6 is 11.6 Å². The van der Waals surface area contributed by atoms with Crippen molar-refractivity contribution < 1.29 is 19.5 Å². The van der Waals surface area contributed by atoms with Gasteiger partial charge in [-0.2, -0.15) is 0 Å². The first-order valence-electron chi connectivity index (χ1n) is 4.54. The van der Waals surface area contributed by atoms with Crippen molar-refractivity contribution in [2.45, 2.75) is 0 Å². The van der Waals surface area contributed by atoms with Crippen LogP contribution in [0.15, 0.2) is 18.2 Å². The van der Waals surface area contributed by atoms with Gasteiger partial charge in [-0.05, 0) is 18.2 Å². The van der Waals surface area contributed by atoms with E-state index in [1.165, 1.54) is 25.3 Å². The normalized spacial score (nSPS) is 10.1. The molecule has 0 radical (unpaired) electrons. The molecule has 88 valence electrons. The van der Waals surface area contributed by atoms with Gasteiger partial charge in [0.25, 0.3) is 5.91 Å². The average molecular weight is 246 g/mol. The fourth-order valence-electron chi connectivity index (χ4n) is 0.987. The molecule has 1 amide bonds. The molecule has 0 saturated heterocycles. The lowest BCUT2D eigenvalue weighted by atomic mass is 10.2. The molecule has 1 aromatic carbocycles. The number of benzene rings is 1. The number of carbonyl (C=O) groups excluding carboxylic acids is 1. The fourth-order valence-corrected chi connectivity index (χ4v) is 1.16. The number of ether oxygens (including phenoxy) is 1. The summed E-state index contributed by atoms with van der Waals surface area (Å²) in [6, 6.07) is 4.18. The fraction of sp³-hybridized carbons (Fsp3) is 0.300. The van der Waals surface area contributed by atoms with Crippen molar-refractivity contribution in [3.63, 3.8) is 0 Å². The van der Waals surface area contributed by atoms with Gasteiger partial charge >= 0.3 is 0 Å². The van der Waals surface area contributed by atoms with Crippen LogP contribution in [-0.4, -0.2) is 31.3 Å². The lowest BCUT2D eigenvalue weighted by molar-refractivity contribution is 0.00875. The Morgan fingerprint density at radius 1 is 1.50 bits per heavy atom. The van der Waals surface area contributed by atoms with Crippen LogP contribution in [0.2, 0.25) is 5.02 Å². The maximum absolute atomic E-state index is 11.5. The number of aromatic hydroxyl groups is 1. The predicted molar refractivity (Wildman–Crippen MR) is 58.4 cm³/mol. The van der Waals surface area contributed by atoms with Crippen molar-refractivity contribution in [2.24, 2.45) is 0 Å². The molecule has 0 aromatic heterocycles. The van der Waals surface area contributed by atoms with Gasteiger partial charge < -0.3 is 9.84 Å². The maximum Gasteiger partial charge on any atom is 0.278 e. The number of hydrogen-bond donors (Lipinski definition) is 2. The Balaban J connectivity index is 2.55. The largest absolute Gasteiger partial charge is 0.507 e. The zero-order valence-electron chi connectivity index (χ0n) is 8.70. The van der Waals surface area contributed by atoms with Crippen molar-refractivity contribution in [3.8, 4) is 5.75 Å². The summed E-state index contributed by atoms with van der Waals surface area (Å²) < 4.78 is 4.73. The van der Waals surface area contributed by atoms with Crippen LogP contribution in [0.4, 0.5) is 0 Å². The second kappa shape index (κ2) is 6.32. The van der Waals surface area contributed by atoms with Crippen molar-refractivity contribution in [2.75, 3.05) is 20.3 Å². The molecule has 0 aliphatic carbocycles. The zero-order valence-corrected chi connectivity index (χ0v) is 9.45. The second-order valence-corrected chi connectivity index (χ2v) is 3.37. The first-order valence-corrected chi connectivity index (χ1v) is 4.92. The lowest BCUT2D eigenvalue weighted by Crippen LogP contribution is -2.25. The molecule has 0 saturated carbocycles. The zero-order chi connectivity index (χ0) is 12.0. The minimum atomic E-state index is -0.559. The molecular formula is C10H12ClNO4. The highest BCUT2D eigenvalue weighted by molar-refractivity contribution is 6.31. The smallest absolute Gasteiger partial charge is 0.278 e. The number of amides is 1. The summed E-state index contributed by atoms with van der Waals surface area (Å²) in [5.74, 6) is -0.714. The number of rotatable bonds is 5. The molecule has 0 heterocycles. The van der Waals surface area contributed by atoms with Gasteiger partial charge in [0.1, 0.15) is 5.75 Å². The van der Waals surface area contributed by atoms with E-state index in [-0.39, 0.29) is 17.9 Å². The number of carbonyl (C=O) groups is 1. The van der Waals surface area contributed by atoms with Crippen molar-refractivity contribution in [3.05, 3.63) is 28.8 Å². The van der Waals surface area contributed by atoms with Gasteiger partial charge in [0.2, 0.25) is 0 Å². The Labute approximate surface area is 97.9 Å². The first-order chi connectivity index (χ1) is 7.65. The molecule has 1 aromatic rings. The van der Waals surface area contributed by atoms with E-state index in [9.17, 15) is 9.90 Å². The third kappa shape index (κ3) is 3.69. The number of hydroxylamine groups is 1. The monoisotopic (exact) mass is 245 g/mol. The van der Waals surface area contributed by atoms with E-state index in [0.29, 0.717) is 11.6 Å². The number of nitrogens with one attached hydrogen (secondary N) is 1. The SMILES string of the molecule is COCCONC(=O)c1cc(Cl)ccc1O. The van der Waals surface area contributed by atoms with E-state index in [1.54, 1.807) is 0 Å². The second-order valence-electron chi connectivity index (χ2n) is 2.93. The summed E-state index contributed by atoms with van der Waals surface area (Å²) in [5, 5.41) is 9.77. The number of methoxy groups -OCH3 is 1. The minimum absolute atomic E-state index is 0.0601. The minimum Gasteiger partial charge on any atom is -0.507 e. The molecule has 0 bridgehead atoms. The van der Waals surface area contributed by atoms with Crippen LogP contribution in [0.25, 0.3) is 0 Å². The Bertz CT molecular complexity index is 370. The average Bonchev–Trinajstić information content (AvgIpc) is 2.27. The van der Waals surface area contributed by atoms with E-state index < -0.39 is 5.91 Å². The summed E-state index contributed by atoms with van der Waals surface area (Å²) in [6.07, 6.45) is 0. The number of phenolic OH excluding ortho intramolecular Hbond substituents is 1. The van der Waals surface area contributed by atoms with Crippen LogP contribution < -0.4 is 5.48 Å². The Kier molecular flexibility index (Phi) is 5.04. The van der Waals surface area contributed by atoms with E-state index in [4.69, 9.17) is 21.2 Å². The molecule has 0 fully saturated rings.